The number of hydrogen-bond donors (Lipinski definition) is 0. The number of ether oxygens (including phenoxy) is 1. The van der Waals surface area contributed by atoms with E-state index < -0.39 is 15.8 Å². The van der Waals surface area contributed by atoms with Gasteiger partial charge in [-0.15, -0.1) is 0 Å². The van der Waals surface area contributed by atoms with Crippen LogP contribution in [-0.4, -0.2) is 49.5 Å². The highest BCUT2D eigenvalue weighted by atomic mass is 32.2. The summed E-state index contributed by atoms with van der Waals surface area (Å²) < 4.78 is 46.3. The summed E-state index contributed by atoms with van der Waals surface area (Å²) in [6.07, 6.45) is 0.700. The van der Waals surface area contributed by atoms with Crippen molar-refractivity contribution in [2.75, 3.05) is 25.5 Å². The number of fused-ring (bicyclic) bond motifs is 1. The van der Waals surface area contributed by atoms with Gasteiger partial charge in [0, 0.05) is 30.2 Å². The quantitative estimate of drug-likeness (QED) is 0.832. The molecule has 0 aliphatic carbocycles. The van der Waals surface area contributed by atoms with Crippen molar-refractivity contribution in [2.24, 2.45) is 0 Å². The van der Waals surface area contributed by atoms with Crippen molar-refractivity contribution >= 4 is 21.8 Å². The molecule has 0 N–H and O–H groups in total. The predicted molar refractivity (Wildman–Crippen MR) is 80.5 cm³/mol. The van der Waals surface area contributed by atoms with Crippen LogP contribution in [0.2, 0.25) is 0 Å². The summed E-state index contributed by atoms with van der Waals surface area (Å²) in [5.74, 6) is 0.237. The summed E-state index contributed by atoms with van der Waals surface area (Å²) >= 11 is 1.76. The smallest absolute Gasteiger partial charge is 0.243 e. The minimum atomic E-state index is -3.65. The SMILES string of the molecule is Cc1cc(F)cc(S(=O)(=O)N2CCS[C@@H]3COCC[C@@H]32)c1. The van der Waals surface area contributed by atoms with Gasteiger partial charge in [-0.2, -0.15) is 16.1 Å². The van der Waals surface area contributed by atoms with E-state index in [1.807, 2.05) is 0 Å². The first-order valence-electron chi connectivity index (χ1n) is 6.97. The summed E-state index contributed by atoms with van der Waals surface area (Å²) in [6, 6.07) is 3.93. The maximum absolute atomic E-state index is 13.6. The fourth-order valence-electron chi connectivity index (χ4n) is 2.93. The number of aryl methyl sites for hydroxylation is 1. The van der Waals surface area contributed by atoms with Crippen molar-refractivity contribution in [3.63, 3.8) is 0 Å². The lowest BCUT2D eigenvalue weighted by molar-refractivity contribution is 0.0625. The summed E-state index contributed by atoms with van der Waals surface area (Å²) in [5.41, 5.74) is 0.614. The van der Waals surface area contributed by atoms with E-state index in [1.54, 1.807) is 23.0 Å². The van der Waals surface area contributed by atoms with Gasteiger partial charge >= 0.3 is 0 Å². The van der Waals surface area contributed by atoms with Gasteiger partial charge in [0.15, 0.2) is 0 Å². The number of hydrogen-bond acceptors (Lipinski definition) is 4. The van der Waals surface area contributed by atoms with Gasteiger partial charge in [-0.25, -0.2) is 12.8 Å². The van der Waals surface area contributed by atoms with Crippen molar-refractivity contribution in [1.29, 1.82) is 0 Å². The number of thioether (sulfide) groups is 1. The standard InChI is InChI=1S/C14H18FNO3S2/c1-10-6-11(15)8-12(7-10)21(17,18)16-3-5-20-14-9-19-4-2-13(14)16/h6-8,13-14H,2-5,9H2,1H3/t13-,14+/m0/s1. The summed E-state index contributed by atoms with van der Waals surface area (Å²) in [5, 5.41) is 0.178. The molecule has 0 spiro atoms. The highest BCUT2D eigenvalue weighted by Gasteiger charge is 2.41. The van der Waals surface area contributed by atoms with E-state index >= 15 is 0 Å². The zero-order chi connectivity index (χ0) is 15.0. The first-order chi connectivity index (χ1) is 9.98. The van der Waals surface area contributed by atoms with E-state index in [-0.39, 0.29) is 16.2 Å². The van der Waals surface area contributed by atoms with E-state index in [4.69, 9.17) is 4.74 Å². The van der Waals surface area contributed by atoms with Crippen LogP contribution >= 0.6 is 11.8 Å². The molecule has 2 saturated heterocycles. The topological polar surface area (TPSA) is 46.6 Å². The van der Waals surface area contributed by atoms with Gasteiger partial charge in [0.1, 0.15) is 5.82 Å². The summed E-state index contributed by atoms with van der Waals surface area (Å²) in [4.78, 5) is 0.0529. The van der Waals surface area contributed by atoms with Crippen molar-refractivity contribution < 1.29 is 17.5 Å². The molecule has 21 heavy (non-hydrogen) atoms. The Morgan fingerprint density at radius 2 is 2.19 bits per heavy atom. The fourth-order valence-corrected chi connectivity index (χ4v) is 6.24. The molecule has 3 rings (SSSR count). The third-order valence-corrected chi connectivity index (χ3v) is 7.10. The molecule has 2 atom stereocenters. The van der Waals surface area contributed by atoms with Crippen LogP contribution in [0, 0.1) is 12.7 Å². The van der Waals surface area contributed by atoms with Crippen LogP contribution in [-0.2, 0) is 14.8 Å². The van der Waals surface area contributed by atoms with Gasteiger partial charge in [0.25, 0.3) is 0 Å². The Bertz CT molecular complexity index is 613. The second kappa shape index (κ2) is 5.87. The van der Waals surface area contributed by atoms with Gasteiger partial charge < -0.3 is 4.74 Å². The highest BCUT2D eigenvalue weighted by molar-refractivity contribution is 8.00. The molecular formula is C14H18FNO3S2. The molecule has 0 amide bonds. The van der Waals surface area contributed by atoms with E-state index in [1.165, 1.54) is 12.1 Å². The van der Waals surface area contributed by atoms with Gasteiger partial charge in [0.2, 0.25) is 10.0 Å². The van der Waals surface area contributed by atoms with E-state index in [2.05, 4.69) is 0 Å². The van der Waals surface area contributed by atoms with Crippen LogP contribution in [0.5, 0.6) is 0 Å². The molecule has 2 fully saturated rings. The van der Waals surface area contributed by atoms with Crippen molar-refractivity contribution in [1.82, 2.24) is 4.31 Å². The molecule has 0 aromatic heterocycles. The van der Waals surface area contributed by atoms with Crippen molar-refractivity contribution in [3.05, 3.63) is 29.6 Å². The third kappa shape index (κ3) is 2.97. The molecule has 0 unspecified atom stereocenters. The zero-order valence-corrected chi connectivity index (χ0v) is 13.4. The zero-order valence-electron chi connectivity index (χ0n) is 11.8. The summed E-state index contributed by atoms with van der Waals surface area (Å²) in [6.45, 7) is 3.34. The Morgan fingerprint density at radius 3 is 2.95 bits per heavy atom. The molecule has 116 valence electrons. The molecule has 0 radical (unpaired) electrons. The average Bonchev–Trinajstić information content (AvgIpc) is 2.45. The van der Waals surface area contributed by atoms with E-state index in [0.717, 1.165) is 11.8 Å². The van der Waals surface area contributed by atoms with Gasteiger partial charge in [-0.3, -0.25) is 0 Å². The van der Waals surface area contributed by atoms with Crippen LogP contribution in [0.4, 0.5) is 4.39 Å². The van der Waals surface area contributed by atoms with Gasteiger partial charge in [-0.05, 0) is 37.1 Å². The van der Waals surface area contributed by atoms with Crippen LogP contribution in [0.3, 0.4) is 0 Å². The molecule has 1 aromatic carbocycles. The van der Waals surface area contributed by atoms with Gasteiger partial charge in [0.05, 0.1) is 11.5 Å². The van der Waals surface area contributed by atoms with Crippen LogP contribution in [0.1, 0.15) is 12.0 Å². The fraction of sp³-hybridized carbons (Fsp3) is 0.571. The number of benzene rings is 1. The van der Waals surface area contributed by atoms with Crippen molar-refractivity contribution in [3.8, 4) is 0 Å². The maximum atomic E-state index is 13.6. The molecule has 0 bridgehead atoms. The lowest BCUT2D eigenvalue weighted by Gasteiger charge is -2.42. The Morgan fingerprint density at radius 1 is 1.38 bits per heavy atom. The first kappa shape index (κ1) is 15.3. The Balaban J connectivity index is 1.96. The first-order valence-corrected chi connectivity index (χ1v) is 9.46. The minimum absolute atomic E-state index is 0.0499. The highest BCUT2D eigenvalue weighted by Crippen LogP contribution is 2.34. The molecule has 4 nitrogen and oxygen atoms in total. The third-order valence-electron chi connectivity index (χ3n) is 3.90. The molecule has 2 aliphatic heterocycles. The summed E-state index contributed by atoms with van der Waals surface area (Å²) in [7, 11) is -3.65. The van der Waals surface area contributed by atoms with E-state index in [9.17, 15) is 12.8 Å². The number of rotatable bonds is 2. The largest absolute Gasteiger partial charge is 0.380 e. The number of sulfonamides is 1. The lowest BCUT2D eigenvalue weighted by Crippen LogP contribution is -2.54. The second-order valence-corrected chi connectivity index (χ2v) is 8.66. The molecule has 2 aliphatic rings. The monoisotopic (exact) mass is 331 g/mol. The van der Waals surface area contributed by atoms with Crippen molar-refractivity contribution in [2.45, 2.75) is 29.5 Å². The average molecular weight is 331 g/mol. The molecular weight excluding hydrogens is 313 g/mol. The van der Waals surface area contributed by atoms with Crippen LogP contribution in [0.15, 0.2) is 23.1 Å². The normalized spacial score (nSPS) is 27.3. The second-order valence-electron chi connectivity index (χ2n) is 5.42. The molecule has 7 heteroatoms. The molecule has 1 aromatic rings. The maximum Gasteiger partial charge on any atom is 0.243 e. The Kier molecular flexibility index (Phi) is 4.27. The van der Waals surface area contributed by atoms with Crippen LogP contribution in [0.25, 0.3) is 0 Å². The molecule has 0 saturated carbocycles. The Labute approximate surface area is 128 Å². The van der Waals surface area contributed by atoms with Gasteiger partial charge in [-0.1, -0.05) is 0 Å². The van der Waals surface area contributed by atoms with E-state index in [0.29, 0.717) is 31.7 Å². The lowest BCUT2D eigenvalue weighted by atomic mass is 10.1. The van der Waals surface area contributed by atoms with Crippen LogP contribution < -0.4 is 0 Å². The Hall–Kier alpha value is -0.630. The number of nitrogens with zero attached hydrogens (tertiary/aromatic N) is 1. The minimum Gasteiger partial charge on any atom is -0.380 e. The molecule has 2 heterocycles. The number of halogens is 1. The predicted octanol–water partition coefficient (Wildman–Crippen LogP) is 2.03.